The third-order valence-corrected chi connectivity index (χ3v) is 6.14. The van der Waals surface area contributed by atoms with Crippen LogP contribution in [0.15, 0.2) is 65.3 Å². The Kier molecular flexibility index (Phi) is 5.51. The number of carbonyl (C=O) groups excluding carboxylic acids is 1. The first kappa shape index (κ1) is 21.1. The number of nitrogens with one attached hydrogen (secondary N) is 1. The molecule has 2 aliphatic rings. The van der Waals surface area contributed by atoms with Crippen molar-refractivity contribution in [2.75, 3.05) is 14.2 Å². The van der Waals surface area contributed by atoms with Gasteiger partial charge in [-0.05, 0) is 43.2 Å². The Morgan fingerprint density at radius 3 is 2.64 bits per heavy atom. The van der Waals surface area contributed by atoms with E-state index >= 15 is 0 Å². The van der Waals surface area contributed by atoms with Crippen LogP contribution in [0, 0.1) is 6.92 Å². The number of rotatable bonds is 6. The second-order valence-corrected chi connectivity index (χ2v) is 8.10. The van der Waals surface area contributed by atoms with Crippen molar-refractivity contribution in [2.45, 2.75) is 32.0 Å². The van der Waals surface area contributed by atoms with Crippen LogP contribution in [-0.4, -0.2) is 41.1 Å². The number of aromatic nitrogens is 1. The molecule has 0 bridgehead atoms. The fraction of sp³-hybridized carbons (Fsp3) is 0.280. The number of hydrogen-bond donors (Lipinski definition) is 1. The highest BCUT2D eigenvalue weighted by Gasteiger charge is 2.40. The van der Waals surface area contributed by atoms with Gasteiger partial charge in [-0.15, -0.1) is 0 Å². The summed E-state index contributed by atoms with van der Waals surface area (Å²) in [6, 6.07) is 15.3. The van der Waals surface area contributed by atoms with E-state index in [9.17, 15) is 4.79 Å². The number of aryl methyl sites for hydroxylation is 1. The highest BCUT2D eigenvalue weighted by molar-refractivity contribution is 5.84. The van der Waals surface area contributed by atoms with Crippen molar-refractivity contribution in [2.24, 2.45) is 0 Å². The minimum absolute atomic E-state index is 0.0299. The molecule has 1 fully saturated rings. The Balaban J connectivity index is 1.31. The SMILES string of the molecule is COc1ccc(C2CC3C(=O)N(Cc4nc(-c5ccccc5OC)oc4C)C=CN3N2)cc1. The maximum atomic E-state index is 13.3. The van der Waals surface area contributed by atoms with Gasteiger partial charge in [-0.2, -0.15) is 0 Å². The van der Waals surface area contributed by atoms with Crippen LogP contribution in [-0.2, 0) is 11.3 Å². The summed E-state index contributed by atoms with van der Waals surface area (Å²) in [5.41, 5.74) is 6.04. The normalized spacial score (nSPS) is 19.7. The Bertz CT molecular complexity index is 1190. The second kappa shape index (κ2) is 8.63. The van der Waals surface area contributed by atoms with E-state index in [4.69, 9.17) is 13.9 Å². The summed E-state index contributed by atoms with van der Waals surface area (Å²) in [5.74, 6) is 2.70. The van der Waals surface area contributed by atoms with Gasteiger partial charge in [0.25, 0.3) is 5.91 Å². The molecule has 1 saturated heterocycles. The Morgan fingerprint density at radius 1 is 1.09 bits per heavy atom. The van der Waals surface area contributed by atoms with Crippen LogP contribution < -0.4 is 14.9 Å². The number of hydrazine groups is 1. The molecular formula is C25H26N4O4. The molecule has 1 amide bonds. The molecule has 3 heterocycles. The van der Waals surface area contributed by atoms with E-state index in [0.717, 1.165) is 22.6 Å². The molecule has 170 valence electrons. The van der Waals surface area contributed by atoms with Crippen LogP contribution in [0.5, 0.6) is 11.5 Å². The molecule has 8 nitrogen and oxygen atoms in total. The number of hydrogen-bond acceptors (Lipinski definition) is 7. The zero-order valence-electron chi connectivity index (χ0n) is 18.8. The Morgan fingerprint density at radius 2 is 1.88 bits per heavy atom. The molecule has 33 heavy (non-hydrogen) atoms. The molecule has 2 unspecified atom stereocenters. The van der Waals surface area contributed by atoms with Crippen molar-refractivity contribution in [3.8, 4) is 23.0 Å². The fourth-order valence-electron chi connectivity index (χ4n) is 4.29. The van der Waals surface area contributed by atoms with E-state index in [0.29, 0.717) is 30.4 Å². The number of benzene rings is 2. The van der Waals surface area contributed by atoms with Gasteiger partial charge in [-0.1, -0.05) is 24.3 Å². The van der Waals surface area contributed by atoms with Crippen molar-refractivity contribution < 1.29 is 18.7 Å². The zero-order valence-corrected chi connectivity index (χ0v) is 18.8. The number of oxazole rings is 1. The number of methoxy groups -OCH3 is 2. The first-order valence-corrected chi connectivity index (χ1v) is 10.8. The van der Waals surface area contributed by atoms with Crippen LogP contribution in [0.1, 0.15) is 29.5 Å². The number of fused-ring (bicyclic) bond motifs is 1. The predicted octanol–water partition coefficient (Wildman–Crippen LogP) is 3.80. The first-order chi connectivity index (χ1) is 16.1. The quantitative estimate of drug-likeness (QED) is 0.617. The van der Waals surface area contributed by atoms with Crippen LogP contribution in [0.3, 0.4) is 0 Å². The lowest BCUT2D eigenvalue weighted by molar-refractivity contribution is -0.135. The summed E-state index contributed by atoms with van der Waals surface area (Å²) in [6.45, 7) is 2.21. The van der Waals surface area contributed by atoms with E-state index < -0.39 is 0 Å². The Labute approximate surface area is 192 Å². The first-order valence-electron chi connectivity index (χ1n) is 10.8. The van der Waals surface area contributed by atoms with Gasteiger partial charge in [0.05, 0.1) is 32.4 Å². The van der Waals surface area contributed by atoms with Crippen LogP contribution >= 0.6 is 0 Å². The predicted molar refractivity (Wildman–Crippen MR) is 122 cm³/mol. The number of nitrogens with zero attached hydrogens (tertiary/aromatic N) is 3. The van der Waals surface area contributed by atoms with Gasteiger partial charge in [-0.25, -0.2) is 10.4 Å². The zero-order chi connectivity index (χ0) is 22.9. The number of carbonyl (C=O) groups is 1. The molecule has 5 rings (SSSR count). The number of amides is 1. The molecule has 2 aliphatic heterocycles. The summed E-state index contributed by atoms with van der Waals surface area (Å²) in [6.07, 6.45) is 4.38. The number of para-hydroxylation sites is 1. The monoisotopic (exact) mass is 446 g/mol. The van der Waals surface area contributed by atoms with Gasteiger partial charge in [-0.3, -0.25) is 4.79 Å². The smallest absolute Gasteiger partial charge is 0.251 e. The molecule has 3 aromatic rings. The van der Waals surface area contributed by atoms with Crippen molar-refractivity contribution in [3.05, 3.63) is 77.9 Å². The summed E-state index contributed by atoms with van der Waals surface area (Å²) in [4.78, 5) is 19.6. The van der Waals surface area contributed by atoms with E-state index in [-0.39, 0.29) is 18.0 Å². The van der Waals surface area contributed by atoms with Gasteiger partial charge in [0.1, 0.15) is 29.0 Å². The van der Waals surface area contributed by atoms with Crippen molar-refractivity contribution in [3.63, 3.8) is 0 Å². The van der Waals surface area contributed by atoms with Crippen molar-refractivity contribution in [1.29, 1.82) is 0 Å². The Hall–Kier alpha value is -3.78. The maximum absolute atomic E-state index is 13.3. The molecular weight excluding hydrogens is 420 g/mol. The molecule has 2 aromatic carbocycles. The van der Waals surface area contributed by atoms with Gasteiger partial charge >= 0.3 is 0 Å². The lowest BCUT2D eigenvalue weighted by Crippen LogP contribution is -2.47. The highest BCUT2D eigenvalue weighted by atomic mass is 16.5. The molecule has 0 saturated carbocycles. The van der Waals surface area contributed by atoms with E-state index in [1.807, 2.05) is 66.7 Å². The fourth-order valence-corrected chi connectivity index (χ4v) is 4.29. The molecule has 0 spiro atoms. The molecule has 0 aliphatic carbocycles. The van der Waals surface area contributed by atoms with E-state index in [1.54, 1.807) is 25.3 Å². The van der Waals surface area contributed by atoms with Gasteiger partial charge in [0, 0.05) is 12.4 Å². The van der Waals surface area contributed by atoms with Crippen LogP contribution in [0.4, 0.5) is 0 Å². The lowest BCUT2D eigenvalue weighted by Gasteiger charge is -2.31. The summed E-state index contributed by atoms with van der Waals surface area (Å²) < 4.78 is 16.6. The van der Waals surface area contributed by atoms with Crippen molar-refractivity contribution >= 4 is 5.91 Å². The summed E-state index contributed by atoms with van der Waals surface area (Å²) in [7, 11) is 3.27. The third kappa shape index (κ3) is 3.93. The molecule has 2 atom stereocenters. The van der Waals surface area contributed by atoms with Crippen LogP contribution in [0.2, 0.25) is 0 Å². The van der Waals surface area contributed by atoms with E-state index in [2.05, 4.69) is 10.4 Å². The van der Waals surface area contributed by atoms with Gasteiger partial charge < -0.3 is 23.8 Å². The second-order valence-electron chi connectivity index (χ2n) is 8.10. The topological polar surface area (TPSA) is 80.1 Å². The van der Waals surface area contributed by atoms with Crippen LogP contribution in [0.25, 0.3) is 11.5 Å². The third-order valence-electron chi connectivity index (χ3n) is 6.14. The van der Waals surface area contributed by atoms with Crippen molar-refractivity contribution in [1.82, 2.24) is 20.3 Å². The summed E-state index contributed by atoms with van der Waals surface area (Å²) in [5, 5.41) is 1.89. The maximum Gasteiger partial charge on any atom is 0.251 e. The van der Waals surface area contributed by atoms with Gasteiger partial charge in [0.2, 0.25) is 5.89 Å². The molecule has 1 aromatic heterocycles. The lowest BCUT2D eigenvalue weighted by atomic mass is 10.0. The molecule has 1 N–H and O–H groups in total. The summed E-state index contributed by atoms with van der Waals surface area (Å²) >= 11 is 0. The van der Waals surface area contributed by atoms with Gasteiger partial charge in [0.15, 0.2) is 0 Å². The standard InChI is InChI=1S/C25H26N4O4/c1-16-21(26-24(33-16)19-6-4-5-7-23(19)32-3)15-28-12-13-29-22(25(28)30)14-20(27-29)17-8-10-18(31-2)11-9-17/h4-13,20,22,27H,14-15H2,1-3H3. The highest BCUT2D eigenvalue weighted by Crippen LogP contribution is 2.33. The largest absolute Gasteiger partial charge is 0.497 e. The minimum atomic E-state index is -0.275. The minimum Gasteiger partial charge on any atom is -0.497 e. The number of ether oxygens (including phenoxy) is 2. The molecule has 0 radical (unpaired) electrons. The molecule has 8 heteroatoms. The average molecular weight is 447 g/mol. The average Bonchev–Trinajstić information content (AvgIpc) is 3.45. The van der Waals surface area contributed by atoms with E-state index in [1.165, 1.54) is 0 Å².